The summed E-state index contributed by atoms with van der Waals surface area (Å²) in [4.78, 5) is 6.50. The van der Waals surface area contributed by atoms with Crippen molar-refractivity contribution in [3.8, 4) is 0 Å². The van der Waals surface area contributed by atoms with Gasteiger partial charge in [0, 0.05) is 13.0 Å². The van der Waals surface area contributed by atoms with Crippen molar-refractivity contribution < 1.29 is 5.11 Å². The lowest BCUT2D eigenvalue weighted by Crippen LogP contribution is -2.35. The van der Waals surface area contributed by atoms with E-state index in [0.717, 1.165) is 25.3 Å². The zero-order valence-electron chi connectivity index (χ0n) is 13.4. The molecule has 0 aliphatic carbocycles. The molecule has 3 heteroatoms. The van der Waals surface area contributed by atoms with E-state index in [-0.39, 0.29) is 6.23 Å². The smallest absolute Gasteiger partial charge is 0.125 e. The minimum absolute atomic E-state index is 0.387. The number of aliphatic hydroxyl groups is 1. The van der Waals surface area contributed by atoms with Gasteiger partial charge in [-0.25, -0.2) is 0 Å². The van der Waals surface area contributed by atoms with Crippen LogP contribution in [0.1, 0.15) is 71.6 Å². The van der Waals surface area contributed by atoms with Gasteiger partial charge in [-0.2, -0.15) is 0 Å². The lowest BCUT2D eigenvalue weighted by molar-refractivity contribution is 0.0766. The zero-order valence-corrected chi connectivity index (χ0v) is 13.4. The molecule has 0 saturated carbocycles. The first-order valence-corrected chi connectivity index (χ1v) is 8.38. The molecular weight excluding hydrogens is 248 g/mol. The molecule has 0 bridgehead atoms. The van der Waals surface area contributed by atoms with Crippen LogP contribution >= 0.6 is 0 Å². The van der Waals surface area contributed by atoms with Crippen LogP contribution in [0.5, 0.6) is 0 Å². The maximum Gasteiger partial charge on any atom is 0.125 e. The highest BCUT2D eigenvalue weighted by Gasteiger charge is 2.19. The Balaban J connectivity index is 1.97. The van der Waals surface area contributed by atoms with Gasteiger partial charge in [-0.05, 0) is 39.0 Å². The topological polar surface area (TPSA) is 35.8 Å². The third-order valence-corrected chi connectivity index (χ3v) is 3.83. The van der Waals surface area contributed by atoms with Gasteiger partial charge in [-0.15, -0.1) is 0 Å². The summed E-state index contributed by atoms with van der Waals surface area (Å²) in [5.41, 5.74) is 0. The van der Waals surface area contributed by atoms with Gasteiger partial charge in [-0.1, -0.05) is 38.3 Å². The number of allylic oxidation sites excluding steroid dienone is 2. The van der Waals surface area contributed by atoms with Crippen molar-refractivity contribution in [3.63, 3.8) is 0 Å². The summed E-state index contributed by atoms with van der Waals surface area (Å²) in [5, 5.41) is 9.62. The van der Waals surface area contributed by atoms with Crippen LogP contribution in [0.15, 0.2) is 17.1 Å². The minimum atomic E-state index is -0.387. The lowest BCUT2D eigenvalue weighted by Gasteiger charge is -2.23. The van der Waals surface area contributed by atoms with Crippen LogP contribution in [0, 0.1) is 0 Å². The van der Waals surface area contributed by atoms with Gasteiger partial charge < -0.3 is 10.0 Å². The number of hydrogen-bond acceptors (Lipinski definition) is 3. The number of aliphatic imine (C=N–C) groups is 1. The van der Waals surface area contributed by atoms with Gasteiger partial charge >= 0.3 is 0 Å². The SMILES string of the molecule is CCCCC/C=C/CCCCCC1=NCCN1C(C)O. The van der Waals surface area contributed by atoms with E-state index in [1.165, 1.54) is 51.4 Å². The van der Waals surface area contributed by atoms with Gasteiger partial charge in [0.05, 0.1) is 6.54 Å². The summed E-state index contributed by atoms with van der Waals surface area (Å²) in [6, 6.07) is 0. The van der Waals surface area contributed by atoms with Crippen molar-refractivity contribution in [2.45, 2.75) is 77.9 Å². The molecule has 1 aliphatic heterocycles. The Labute approximate surface area is 124 Å². The standard InChI is InChI=1S/C17H32N2O/c1-3-4-5-6-7-8-9-10-11-12-13-17-18-14-15-19(17)16(2)20/h7-8,16,20H,3-6,9-15H2,1-2H3/b8-7+. The molecule has 0 saturated heterocycles. The lowest BCUT2D eigenvalue weighted by atomic mass is 10.1. The zero-order chi connectivity index (χ0) is 14.6. The fourth-order valence-corrected chi connectivity index (χ4v) is 2.60. The summed E-state index contributed by atoms with van der Waals surface area (Å²) in [5.74, 6) is 1.11. The van der Waals surface area contributed by atoms with Gasteiger partial charge in [0.25, 0.3) is 0 Å². The third-order valence-electron chi connectivity index (χ3n) is 3.83. The maximum atomic E-state index is 9.62. The van der Waals surface area contributed by atoms with Crippen molar-refractivity contribution in [1.82, 2.24) is 4.90 Å². The quantitative estimate of drug-likeness (QED) is 0.456. The largest absolute Gasteiger partial charge is 0.374 e. The summed E-state index contributed by atoms with van der Waals surface area (Å²) < 4.78 is 0. The van der Waals surface area contributed by atoms with Crippen LogP contribution < -0.4 is 0 Å². The first-order valence-electron chi connectivity index (χ1n) is 8.38. The molecular formula is C17H32N2O. The first-order chi connectivity index (χ1) is 9.75. The highest BCUT2D eigenvalue weighted by atomic mass is 16.3. The normalized spacial score (nSPS) is 16.9. The average Bonchev–Trinajstić information content (AvgIpc) is 2.89. The molecule has 0 aromatic rings. The molecule has 0 fully saturated rings. The molecule has 0 aromatic carbocycles. The Morgan fingerprint density at radius 3 is 2.50 bits per heavy atom. The fraction of sp³-hybridized carbons (Fsp3) is 0.824. The number of rotatable bonds is 11. The van der Waals surface area contributed by atoms with Crippen LogP contribution in [0.25, 0.3) is 0 Å². The maximum absolute atomic E-state index is 9.62. The predicted molar refractivity (Wildman–Crippen MR) is 87.1 cm³/mol. The van der Waals surface area contributed by atoms with Crippen LogP contribution in [-0.2, 0) is 0 Å². The van der Waals surface area contributed by atoms with E-state index in [0.29, 0.717) is 0 Å². The van der Waals surface area contributed by atoms with Crippen LogP contribution in [0.4, 0.5) is 0 Å². The highest BCUT2D eigenvalue weighted by molar-refractivity contribution is 5.83. The van der Waals surface area contributed by atoms with E-state index >= 15 is 0 Å². The third kappa shape index (κ3) is 7.09. The molecule has 0 radical (unpaired) electrons. The second-order valence-electron chi connectivity index (χ2n) is 5.69. The van der Waals surface area contributed by atoms with E-state index in [9.17, 15) is 5.11 Å². The van der Waals surface area contributed by atoms with Crippen molar-refractivity contribution in [2.24, 2.45) is 4.99 Å². The molecule has 1 rings (SSSR count). The van der Waals surface area contributed by atoms with Gasteiger partial charge in [-0.3, -0.25) is 4.99 Å². The van der Waals surface area contributed by atoms with E-state index in [4.69, 9.17) is 0 Å². The predicted octanol–water partition coefficient (Wildman–Crippen LogP) is 4.13. The average molecular weight is 280 g/mol. The number of nitrogens with zero attached hydrogens (tertiary/aromatic N) is 2. The number of aliphatic hydroxyl groups excluding tert-OH is 1. The molecule has 3 nitrogen and oxygen atoms in total. The van der Waals surface area contributed by atoms with Crippen LogP contribution in [-0.4, -0.2) is 35.2 Å². The van der Waals surface area contributed by atoms with Gasteiger partial charge in [0.15, 0.2) is 0 Å². The van der Waals surface area contributed by atoms with Gasteiger partial charge in [0.1, 0.15) is 12.1 Å². The molecule has 20 heavy (non-hydrogen) atoms. The van der Waals surface area contributed by atoms with Crippen LogP contribution in [0.2, 0.25) is 0 Å². The molecule has 0 amide bonds. The summed E-state index contributed by atoms with van der Waals surface area (Å²) in [7, 11) is 0. The summed E-state index contributed by atoms with van der Waals surface area (Å²) in [6.07, 6.45) is 15.5. The van der Waals surface area contributed by atoms with Crippen molar-refractivity contribution in [1.29, 1.82) is 0 Å². The Morgan fingerprint density at radius 1 is 1.15 bits per heavy atom. The molecule has 0 spiro atoms. The van der Waals surface area contributed by atoms with E-state index in [1.807, 2.05) is 11.8 Å². The summed E-state index contributed by atoms with van der Waals surface area (Å²) >= 11 is 0. The molecule has 1 atom stereocenters. The molecule has 1 unspecified atom stereocenters. The van der Waals surface area contributed by atoms with Crippen molar-refractivity contribution in [3.05, 3.63) is 12.2 Å². The number of unbranched alkanes of at least 4 members (excludes halogenated alkanes) is 6. The minimum Gasteiger partial charge on any atom is -0.374 e. The highest BCUT2D eigenvalue weighted by Crippen LogP contribution is 2.13. The molecule has 116 valence electrons. The second-order valence-corrected chi connectivity index (χ2v) is 5.69. The molecule has 1 aliphatic rings. The Hall–Kier alpha value is -0.830. The summed E-state index contributed by atoms with van der Waals surface area (Å²) in [6.45, 7) is 5.80. The Morgan fingerprint density at radius 2 is 1.85 bits per heavy atom. The molecule has 0 aromatic heterocycles. The van der Waals surface area contributed by atoms with E-state index in [1.54, 1.807) is 0 Å². The fourth-order valence-electron chi connectivity index (χ4n) is 2.60. The second kappa shape index (κ2) is 10.9. The first kappa shape index (κ1) is 17.2. The Bertz CT molecular complexity index is 297. The van der Waals surface area contributed by atoms with E-state index < -0.39 is 0 Å². The van der Waals surface area contributed by atoms with Crippen molar-refractivity contribution >= 4 is 5.84 Å². The molecule has 1 N–H and O–H groups in total. The number of hydrogen-bond donors (Lipinski definition) is 1. The molecule has 1 heterocycles. The van der Waals surface area contributed by atoms with Crippen molar-refractivity contribution in [2.75, 3.05) is 13.1 Å². The van der Waals surface area contributed by atoms with Gasteiger partial charge in [0.2, 0.25) is 0 Å². The number of amidine groups is 1. The Kier molecular flexibility index (Phi) is 9.38. The van der Waals surface area contributed by atoms with E-state index in [2.05, 4.69) is 24.1 Å². The monoisotopic (exact) mass is 280 g/mol. The van der Waals surface area contributed by atoms with Crippen LogP contribution in [0.3, 0.4) is 0 Å².